The van der Waals surface area contributed by atoms with Crippen LogP contribution in [0.4, 0.5) is 5.69 Å². The Kier molecular flexibility index (Phi) is 3.86. The zero-order valence-electron chi connectivity index (χ0n) is 12.0. The van der Waals surface area contributed by atoms with Gasteiger partial charge in [0.1, 0.15) is 5.82 Å². The minimum Gasteiger partial charge on any atom is -0.370 e. The summed E-state index contributed by atoms with van der Waals surface area (Å²) in [5, 5.41) is 0.677. The number of aromatic amines is 1. The molecule has 7 nitrogen and oxygen atoms in total. The quantitative estimate of drug-likeness (QED) is 0.424. The van der Waals surface area contributed by atoms with Gasteiger partial charge in [0.05, 0.1) is 16.7 Å². The first kappa shape index (κ1) is 14.9. The third-order valence-corrected chi connectivity index (χ3v) is 3.32. The first-order chi connectivity index (χ1) is 11.0. The van der Waals surface area contributed by atoms with E-state index in [1.54, 1.807) is 6.07 Å². The van der Waals surface area contributed by atoms with Crippen molar-refractivity contribution in [2.24, 2.45) is 27.2 Å². The van der Waals surface area contributed by atoms with E-state index in [-0.39, 0.29) is 11.9 Å². The number of fused-ring (bicyclic) bond motifs is 1. The van der Waals surface area contributed by atoms with Crippen molar-refractivity contribution in [2.45, 2.75) is 0 Å². The van der Waals surface area contributed by atoms with Crippen molar-refractivity contribution in [1.82, 2.24) is 9.97 Å². The number of benzene rings is 2. The van der Waals surface area contributed by atoms with Gasteiger partial charge in [0.2, 0.25) is 5.96 Å². The number of hydrogen-bond acceptors (Lipinski definition) is 2. The maximum atomic E-state index is 5.90. The van der Waals surface area contributed by atoms with E-state index in [9.17, 15) is 0 Å². The summed E-state index contributed by atoms with van der Waals surface area (Å²) in [5.74, 6) is 0.593. The van der Waals surface area contributed by atoms with Crippen molar-refractivity contribution >= 4 is 40.2 Å². The van der Waals surface area contributed by atoms with Crippen LogP contribution >= 0.6 is 11.6 Å². The highest BCUT2D eigenvalue weighted by Gasteiger charge is 2.06. The molecule has 0 saturated heterocycles. The summed E-state index contributed by atoms with van der Waals surface area (Å²) in [7, 11) is 0. The summed E-state index contributed by atoms with van der Waals surface area (Å²) >= 11 is 5.90. The lowest BCUT2D eigenvalue weighted by molar-refractivity contribution is 1.34. The van der Waals surface area contributed by atoms with Gasteiger partial charge in [-0.2, -0.15) is 4.99 Å². The van der Waals surface area contributed by atoms with E-state index in [0.717, 1.165) is 22.4 Å². The number of nitrogens with two attached hydrogens (primary N) is 3. The number of aromatic nitrogens is 2. The van der Waals surface area contributed by atoms with E-state index in [2.05, 4.69) is 20.0 Å². The Balaban J connectivity index is 1.98. The number of rotatable bonds is 2. The van der Waals surface area contributed by atoms with Crippen LogP contribution in [0.15, 0.2) is 52.4 Å². The molecule has 1 aromatic heterocycles. The van der Waals surface area contributed by atoms with E-state index >= 15 is 0 Å². The number of guanidine groups is 2. The second-order valence-corrected chi connectivity index (χ2v) is 5.24. The van der Waals surface area contributed by atoms with Crippen LogP contribution in [0.25, 0.3) is 22.4 Å². The molecule has 0 radical (unpaired) electrons. The summed E-state index contributed by atoms with van der Waals surface area (Å²) < 4.78 is 0. The normalized spacial score (nSPS) is 11.6. The van der Waals surface area contributed by atoms with E-state index in [4.69, 9.17) is 28.8 Å². The Hall–Kier alpha value is -3.06. The third kappa shape index (κ3) is 3.41. The Labute approximate surface area is 136 Å². The van der Waals surface area contributed by atoms with Crippen LogP contribution in [0.1, 0.15) is 0 Å². The van der Waals surface area contributed by atoms with Crippen LogP contribution in [-0.2, 0) is 0 Å². The van der Waals surface area contributed by atoms with Gasteiger partial charge >= 0.3 is 0 Å². The first-order valence-electron chi connectivity index (χ1n) is 6.71. The molecule has 0 atom stereocenters. The highest BCUT2D eigenvalue weighted by atomic mass is 35.5. The molecular formula is C15H14ClN7. The van der Waals surface area contributed by atoms with Crippen molar-refractivity contribution in [3.05, 3.63) is 47.5 Å². The molecule has 0 fully saturated rings. The van der Waals surface area contributed by atoms with Gasteiger partial charge in [-0.05, 0) is 42.5 Å². The third-order valence-electron chi connectivity index (χ3n) is 3.07. The Morgan fingerprint density at radius 2 is 1.78 bits per heavy atom. The molecule has 7 N–H and O–H groups in total. The zero-order chi connectivity index (χ0) is 16.4. The lowest BCUT2D eigenvalue weighted by atomic mass is 10.2. The summed E-state index contributed by atoms with van der Waals surface area (Å²) in [4.78, 5) is 15.6. The van der Waals surface area contributed by atoms with E-state index < -0.39 is 0 Å². The largest absolute Gasteiger partial charge is 0.370 e. The van der Waals surface area contributed by atoms with Crippen LogP contribution in [0.3, 0.4) is 0 Å². The zero-order valence-corrected chi connectivity index (χ0v) is 12.7. The molecule has 0 amide bonds. The van der Waals surface area contributed by atoms with Crippen LogP contribution in [0.2, 0.25) is 5.02 Å². The monoisotopic (exact) mass is 327 g/mol. The second-order valence-electron chi connectivity index (χ2n) is 4.80. The van der Waals surface area contributed by atoms with Crippen LogP contribution < -0.4 is 17.2 Å². The number of aliphatic imine (C=N–C) groups is 2. The van der Waals surface area contributed by atoms with Crippen molar-refractivity contribution in [3.8, 4) is 11.4 Å². The maximum absolute atomic E-state index is 5.90. The lowest BCUT2D eigenvalue weighted by Gasteiger charge is -1.96. The Morgan fingerprint density at radius 3 is 2.48 bits per heavy atom. The highest BCUT2D eigenvalue weighted by Crippen LogP contribution is 2.25. The topological polar surface area (TPSA) is 131 Å². The van der Waals surface area contributed by atoms with Crippen molar-refractivity contribution in [3.63, 3.8) is 0 Å². The molecule has 23 heavy (non-hydrogen) atoms. The van der Waals surface area contributed by atoms with Gasteiger partial charge in [0.15, 0.2) is 5.96 Å². The lowest BCUT2D eigenvalue weighted by Crippen LogP contribution is -2.26. The fraction of sp³-hybridized carbons (Fsp3) is 0. The first-order valence-corrected chi connectivity index (χ1v) is 7.08. The molecule has 3 aromatic rings. The van der Waals surface area contributed by atoms with Crippen molar-refractivity contribution in [2.75, 3.05) is 0 Å². The molecule has 0 spiro atoms. The SMILES string of the molecule is NC(N)=NC(N)=Nc1ccc2nc(-c3ccc(Cl)cc3)[nH]c2c1. The number of hydrogen-bond donors (Lipinski definition) is 4. The van der Waals surface area contributed by atoms with Gasteiger partial charge in [0, 0.05) is 10.6 Å². The van der Waals surface area contributed by atoms with Crippen molar-refractivity contribution in [1.29, 1.82) is 0 Å². The molecule has 3 rings (SSSR count). The van der Waals surface area contributed by atoms with Gasteiger partial charge in [-0.15, -0.1) is 0 Å². The number of imidazole rings is 1. The number of H-pyrrole nitrogens is 1. The van der Waals surface area contributed by atoms with Gasteiger partial charge in [0.25, 0.3) is 0 Å². The fourth-order valence-electron chi connectivity index (χ4n) is 2.10. The standard InChI is InChI=1S/C15H14ClN7/c16-9-3-1-8(2-4-9)13-21-11-6-5-10(7-12(11)22-13)20-15(19)23-14(17)18/h1-7H,(H,21,22)(H6,17,18,19,20,23). The summed E-state index contributed by atoms with van der Waals surface area (Å²) in [6.45, 7) is 0. The van der Waals surface area contributed by atoms with E-state index in [1.165, 1.54) is 0 Å². The molecule has 2 aromatic carbocycles. The predicted molar refractivity (Wildman–Crippen MR) is 93.6 cm³/mol. The molecule has 8 heteroatoms. The molecule has 1 heterocycles. The molecule has 0 aliphatic rings. The molecule has 0 saturated carbocycles. The number of halogens is 1. The van der Waals surface area contributed by atoms with E-state index in [0.29, 0.717) is 10.7 Å². The highest BCUT2D eigenvalue weighted by molar-refractivity contribution is 6.30. The number of nitrogens with zero attached hydrogens (tertiary/aromatic N) is 3. The van der Waals surface area contributed by atoms with Crippen LogP contribution in [-0.4, -0.2) is 21.9 Å². The van der Waals surface area contributed by atoms with E-state index in [1.807, 2.05) is 36.4 Å². The van der Waals surface area contributed by atoms with Gasteiger partial charge in [-0.1, -0.05) is 11.6 Å². The number of nitrogens with one attached hydrogen (secondary N) is 1. The van der Waals surface area contributed by atoms with Gasteiger partial charge in [-0.25, -0.2) is 9.98 Å². The smallest absolute Gasteiger partial charge is 0.223 e. The van der Waals surface area contributed by atoms with Crippen molar-refractivity contribution < 1.29 is 0 Å². The predicted octanol–water partition coefficient (Wildman–Crippen LogP) is 2.10. The second kappa shape index (κ2) is 5.98. The fourth-order valence-corrected chi connectivity index (χ4v) is 2.23. The van der Waals surface area contributed by atoms with Gasteiger partial charge < -0.3 is 22.2 Å². The molecule has 0 aliphatic heterocycles. The molecule has 0 unspecified atom stereocenters. The molecular weight excluding hydrogens is 314 g/mol. The Morgan fingerprint density at radius 1 is 1.04 bits per heavy atom. The molecule has 0 bridgehead atoms. The van der Waals surface area contributed by atoms with Gasteiger partial charge in [-0.3, -0.25) is 0 Å². The van der Waals surface area contributed by atoms with Crippen LogP contribution in [0, 0.1) is 0 Å². The minimum atomic E-state index is -0.140. The van der Waals surface area contributed by atoms with Crippen LogP contribution in [0.5, 0.6) is 0 Å². The Bertz CT molecular complexity index is 905. The molecule has 0 aliphatic carbocycles. The summed E-state index contributed by atoms with van der Waals surface area (Å²) in [6.07, 6.45) is 0. The summed E-state index contributed by atoms with van der Waals surface area (Å²) in [6, 6.07) is 12.9. The minimum absolute atomic E-state index is 0.0122. The summed E-state index contributed by atoms with van der Waals surface area (Å²) in [5.41, 5.74) is 19.3. The average molecular weight is 328 g/mol. The maximum Gasteiger partial charge on any atom is 0.223 e. The molecule has 116 valence electrons. The average Bonchev–Trinajstić information content (AvgIpc) is 2.90.